The molecule has 0 unspecified atom stereocenters. The maximum absolute atomic E-state index is 5.85. The van der Waals surface area contributed by atoms with E-state index in [9.17, 15) is 0 Å². The highest BCUT2D eigenvalue weighted by Gasteiger charge is 2.05. The van der Waals surface area contributed by atoms with E-state index < -0.39 is 0 Å². The summed E-state index contributed by atoms with van der Waals surface area (Å²) in [6.07, 6.45) is 1.22. The summed E-state index contributed by atoms with van der Waals surface area (Å²) in [7, 11) is 0. The van der Waals surface area contributed by atoms with E-state index >= 15 is 0 Å². The lowest BCUT2D eigenvalue weighted by molar-refractivity contribution is 0.443. The number of hydrogen-bond acceptors (Lipinski definition) is 2. The standard InChI is InChI=1S/C11H18ClNS/c1-8(2)6-9(3)13-7-10-4-5-11(12)14-10/h4-5,8-9,13H,6-7H2,1-3H3/t9-/m0/s1. The zero-order valence-electron chi connectivity index (χ0n) is 9.01. The Morgan fingerprint density at radius 3 is 2.57 bits per heavy atom. The van der Waals surface area contributed by atoms with Crippen molar-refractivity contribution >= 4 is 22.9 Å². The van der Waals surface area contributed by atoms with Crippen molar-refractivity contribution in [1.82, 2.24) is 5.32 Å². The zero-order chi connectivity index (χ0) is 10.6. The molecule has 1 aromatic rings. The molecule has 0 bridgehead atoms. The Labute approximate surface area is 95.5 Å². The van der Waals surface area contributed by atoms with Crippen LogP contribution in [0.2, 0.25) is 4.34 Å². The Kier molecular flexibility index (Phi) is 4.93. The molecule has 1 nitrogen and oxygen atoms in total. The van der Waals surface area contributed by atoms with Crippen molar-refractivity contribution < 1.29 is 0 Å². The molecule has 0 saturated heterocycles. The van der Waals surface area contributed by atoms with Crippen molar-refractivity contribution in [2.45, 2.75) is 39.8 Å². The van der Waals surface area contributed by atoms with Gasteiger partial charge in [-0.3, -0.25) is 0 Å². The second-order valence-corrected chi connectivity index (χ2v) is 5.92. The summed E-state index contributed by atoms with van der Waals surface area (Å²) in [6, 6.07) is 4.62. The van der Waals surface area contributed by atoms with Gasteiger partial charge in [0.15, 0.2) is 0 Å². The van der Waals surface area contributed by atoms with Crippen LogP contribution in [0.25, 0.3) is 0 Å². The van der Waals surface area contributed by atoms with Crippen molar-refractivity contribution in [3.8, 4) is 0 Å². The smallest absolute Gasteiger partial charge is 0.0931 e. The Morgan fingerprint density at radius 1 is 1.36 bits per heavy atom. The molecule has 0 spiro atoms. The second-order valence-electron chi connectivity index (χ2n) is 4.12. The molecule has 1 heterocycles. The first kappa shape index (κ1) is 12.0. The number of rotatable bonds is 5. The second kappa shape index (κ2) is 5.74. The van der Waals surface area contributed by atoms with Crippen LogP contribution in [0.3, 0.4) is 0 Å². The minimum atomic E-state index is 0.580. The first-order valence-corrected chi connectivity index (χ1v) is 6.25. The van der Waals surface area contributed by atoms with Crippen LogP contribution in [0.1, 0.15) is 32.1 Å². The van der Waals surface area contributed by atoms with Gasteiger partial charge < -0.3 is 5.32 Å². The van der Waals surface area contributed by atoms with E-state index in [4.69, 9.17) is 11.6 Å². The van der Waals surface area contributed by atoms with Crippen LogP contribution in [-0.2, 0) is 6.54 Å². The van der Waals surface area contributed by atoms with E-state index in [1.54, 1.807) is 11.3 Å². The molecule has 1 N–H and O–H groups in total. The summed E-state index contributed by atoms with van der Waals surface area (Å²) in [4.78, 5) is 1.31. The SMILES string of the molecule is CC(C)C[C@H](C)NCc1ccc(Cl)s1. The average molecular weight is 232 g/mol. The van der Waals surface area contributed by atoms with E-state index in [-0.39, 0.29) is 0 Å². The molecule has 0 aliphatic heterocycles. The largest absolute Gasteiger partial charge is 0.309 e. The fourth-order valence-electron chi connectivity index (χ4n) is 1.51. The van der Waals surface area contributed by atoms with E-state index in [2.05, 4.69) is 32.2 Å². The molecule has 0 fully saturated rings. The lowest BCUT2D eigenvalue weighted by Gasteiger charge is -2.14. The molecular weight excluding hydrogens is 214 g/mol. The first-order chi connectivity index (χ1) is 6.58. The van der Waals surface area contributed by atoms with E-state index in [1.807, 2.05) is 6.07 Å². The molecule has 0 saturated carbocycles. The van der Waals surface area contributed by atoms with E-state index in [0.717, 1.165) is 16.8 Å². The Hall–Kier alpha value is -0.0500. The van der Waals surface area contributed by atoms with Crippen molar-refractivity contribution in [3.05, 3.63) is 21.3 Å². The van der Waals surface area contributed by atoms with Crippen LogP contribution < -0.4 is 5.32 Å². The van der Waals surface area contributed by atoms with Gasteiger partial charge in [0.1, 0.15) is 0 Å². The van der Waals surface area contributed by atoms with Crippen LogP contribution in [0.4, 0.5) is 0 Å². The van der Waals surface area contributed by atoms with Crippen LogP contribution >= 0.6 is 22.9 Å². The fourth-order valence-corrected chi connectivity index (χ4v) is 2.55. The average Bonchev–Trinajstić information content (AvgIpc) is 2.47. The van der Waals surface area contributed by atoms with Crippen LogP contribution in [0.5, 0.6) is 0 Å². The van der Waals surface area contributed by atoms with Crippen molar-refractivity contribution in [2.75, 3.05) is 0 Å². The van der Waals surface area contributed by atoms with Crippen LogP contribution in [0, 0.1) is 5.92 Å². The highest BCUT2D eigenvalue weighted by molar-refractivity contribution is 7.16. The van der Waals surface area contributed by atoms with Crippen molar-refractivity contribution in [2.24, 2.45) is 5.92 Å². The predicted octanol–water partition coefficient (Wildman–Crippen LogP) is 3.93. The van der Waals surface area contributed by atoms with Crippen LogP contribution in [-0.4, -0.2) is 6.04 Å². The molecule has 14 heavy (non-hydrogen) atoms. The van der Waals surface area contributed by atoms with Crippen molar-refractivity contribution in [3.63, 3.8) is 0 Å². The molecule has 0 aliphatic carbocycles. The van der Waals surface area contributed by atoms with Gasteiger partial charge in [-0.15, -0.1) is 11.3 Å². The topological polar surface area (TPSA) is 12.0 Å². The molecule has 1 atom stereocenters. The summed E-state index contributed by atoms with van der Waals surface area (Å²) in [5, 5.41) is 3.50. The Bertz CT molecular complexity index is 270. The quantitative estimate of drug-likeness (QED) is 0.810. The van der Waals surface area contributed by atoms with Gasteiger partial charge in [-0.2, -0.15) is 0 Å². The summed E-state index contributed by atoms with van der Waals surface area (Å²) in [6.45, 7) is 7.67. The van der Waals surface area contributed by atoms with Gasteiger partial charge in [-0.05, 0) is 31.4 Å². The third-order valence-corrected chi connectivity index (χ3v) is 3.31. The van der Waals surface area contributed by atoms with E-state index in [0.29, 0.717) is 6.04 Å². The van der Waals surface area contributed by atoms with Gasteiger partial charge in [0.05, 0.1) is 4.34 Å². The first-order valence-electron chi connectivity index (χ1n) is 5.05. The normalized spacial score (nSPS) is 13.5. The summed E-state index contributed by atoms with van der Waals surface area (Å²) < 4.78 is 0.873. The maximum atomic E-state index is 5.85. The number of nitrogens with one attached hydrogen (secondary N) is 1. The minimum absolute atomic E-state index is 0.580. The molecule has 1 rings (SSSR count). The number of halogens is 1. The predicted molar refractivity (Wildman–Crippen MR) is 65.1 cm³/mol. The zero-order valence-corrected chi connectivity index (χ0v) is 10.6. The van der Waals surface area contributed by atoms with Crippen LogP contribution in [0.15, 0.2) is 12.1 Å². The van der Waals surface area contributed by atoms with Gasteiger partial charge in [0, 0.05) is 17.5 Å². The molecule has 0 amide bonds. The van der Waals surface area contributed by atoms with E-state index in [1.165, 1.54) is 11.3 Å². The van der Waals surface area contributed by atoms with Gasteiger partial charge in [-0.1, -0.05) is 25.4 Å². The summed E-state index contributed by atoms with van der Waals surface area (Å²) >= 11 is 7.50. The molecule has 1 aromatic heterocycles. The highest BCUT2D eigenvalue weighted by Crippen LogP contribution is 2.21. The maximum Gasteiger partial charge on any atom is 0.0931 e. The molecule has 80 valence electrons. The lowest BCUT2D eigenvalue weighted by atomic mass is 10.1. The monoisotopic (exact) mass is 231 g/mol. The Morgan fingerprint density at radius 2 is 2.07 bits per heavy atom. The van der Waals surface area contributed by atoms with Gasteiger partial charge in [0.2, 0.25) is 0 Å². The van der Waals surface area contributed by atoms with Gasteiger partial charge in [0.25, 0.3) is 0 Å². The van der Waals surface area contributed by atoms with Gasteiger partial charge in [-0.25, -0.2) is 0 Å². The molecule has 3 heteroatoms. The summed E-state index contributed by atoms with van der Waals surface area (Å²) in [5.74, 6) is 0.754. The fraction of sp³-hybridized carbons (Fsp3) is 0.636. The molecule has 0 aliphatic rings. The molecule has 0 aromatic carbocycles. The highest BCUT2D eigenvalue weighted by atomic mass is 35.5. The third kappa shape index (κ3) is 4.45. The van der Waals surface area contributed by atoms with Crippen molar-refractivity contribution in [1.29, 1.82) is 0 Å². The van der Waals surface area contributed by atoms with Gasteiger partial charge >= 0.3 is 0 Å². The minimum Gasteiger partial charge on any atom is -0.309 e. The molecular formula is C11H18ClNS. The Balaban J connectivity index is 2.26. The summed E-state index contributed by atoms with van der Waals surface area (Å²) in [5.41, 5.74) is 0. The molecule has 0 radical (unpaired) electrons. The number of thiophene rings is 1. The number of hydrogen-bond donors (Lipinski definition) is 1. The lowest BCUT2D eigenvalue weighted by Crippen LogP contribution is -2.26. The third-order valence-electron chi connectivity index (χ3n) is 2.08.